The Morgan fingerprint density at radius 1 is 0.659 bits per heavy atom. The van der Waals surface area contributed by atoms with E-state index in [2.05, 4.69) is 100 Å². The number of hydrogen-bond donors (Lipinski definition) is 1. The van der Waals surface area contributed by atoms with Crippen molar-refractivity contribution in [3.8, 4) is 11.1 Å². The lowest BCUT2D eigenvalue weighted by Gasteiger charge is -2.26. The molecule has 1 fully saturated rings. The van der Waals surface area contributed by atoms with Gasteiger partial charge in [0, 0.05) is 12.6 Å². The summed E-state index contributed by atoms with van der Waals surface area (Å²) < 4.78 is 0. The molecule has 4 rings (SSSR count). The van der Waals surface area contributed by atoms with E-state index in [9.17, 15) is 0 Å². The summed E-state index contributed by atoms with van der Waals surface area (Å²) in [7, 11) is 0. The summed E-state index contributed by atoms with van der Waals surface area (Å²) in [4.78, 5) is 2.67. The number of benzene rings is 3. The molecule has 41 heavy (non-hydrogen) atoms. The molecule has 3 aromatic rings. The monoisotopic (exact) mass is 552 g/mol. The molecular formula is C39H56N2. The van der Waals surface area contributed by atoms with Crippen LogP contribution in [-0.2, 0) is 25.8 Å². The minimum absolute atomic E-state index is 0.610. The molecule has 0 spiro atoms. The van der Waals surface area contributed by atoms with Crippen molar-refractivity contribution in [3.63, 3.8) is 0 Å². The van der Waals surface area contributed by atoms with Gasteiger partial charge in [0.25, 0.3) is 0 Å². The van der Waals surface area contributed by atoms with Gasteiger partial charge in [0.05, 0.1) is 0 Å². The summed E-state index contributed by atoms with van der Waals surface area (Å²) in [5, 5.41) is 3.74. The van der Waals surface area contributed by atoms with Gasteiger partial charge in [-0.2, -0.15) is 0 Å². The number of rotatable bonds is 14. The van der Waals surface area contributed by atoms with Gasteiger partial charge in [-0.25, -0.2) is 0 Å². The first-order valence-electron chi connectivity index (χ1n) is 16.6. The second-order valence-corrected chi connectivity index (χ2v) is 12.6. The maximum Gasteiger partial charge on any atom is 0.0210 e. The van der Waals surface area contributed by atoms with Gasteiger partial charge in [0.15, 0.2) is 0 Å². The Kier molecular flexibility index (Phi) is 12.1. The Balaban J connectivity index is 1.40. The number of aryl methyl sites for hydroxylation is 5. The largest absolute Gasteiger partial charge is 0.310 e. The lowest BCUT2D eigenvalue weighted by atomic mass is 9.88. The van der Waals surface area contributed by atoms with Gasteiger partial charge in [-0.1, -0.05) is 68.8 Å². The second-order valence-electron chi connectivity index (χ2n) is 12.6. The highest BCUT2D eigenvalue weighted by atomic mass is 15.1. The fraction of sp³-hybridized carbons (Fsp3) is 0.538. The molecule has 0 radical (unpaired) electrons. The number of hydrogen-bond acceptors (Lipinski definition) is 2. The smallest absolute Gasteiger partial charge is 0.0210 e. The Hall–Kier alpha value is -2.42. The number of nitrogens with one attached hydrogen (secondary N) is 1. The van der Waals surface area contributed by atoms with Crippen LogP contribution >= 0.6 is 0 Å². The zero-order valence-electron chi connectivity index (χ0n) is 27.0. The topological polar surface area (TPSA) is 15.3 Å². The van der Waals surface area contributed by atoms with E-state index in [1.807, 2.05) is 0 Å². The highest BCUT2D eigenvalue weighted by Crippen LogP contribution is 2.31. The summed E-state index contributed by atoms with van der Waals surface area (Å²) in [5.74, 6) is 0. The summed E-state index contributed by atoms with van der Waals surface area (Å²) in [6.07, 6.45) is 12.5. The SMILES string of the molecule is CCC(CC)NCc1cc(C)c(CCc2cccc(-c3cccc(CCCCN4CCCCC4)c3C)c2C)cc1C. The van der Waals surface area contributed by atoms with Gasteiger partial charge in [-0.05, 0) is 161 Å². The molecule has 3 aromatic carbocycles. The normalized spacial score (nSPS) is 14.2. The molecule has 1 aliphatic rings. The van der Waals surface area contributed by atoms with Crippen LogP contribution in [0.4, 0.5) is 0 Å². The van der Waals surface area contributed by atoms with Crippen molar-refractivity contribution >= 4 is 0 Å². The van der Waals surface area contributed by atoms with Gasteiger partial charge in [-0.15, -0.1) is 0 Å². The maximum absolute atomic E-state index is 3.74. The molecule has 0 saturated carbocycles. The van der Waals surface area contributed by atoms with E-state index < -0.39 is 0 Å². The van der Waals surface area contributed by atoms with Crippen molar-refractivity contribution in [1.29, 1.82) is 0 Å². The van der Waals surface area contributed by atoms with Crippen molar-refractivity contribution in [2.24, 2.45) is 0 Å². The standard InChI is InChI=1S/C39H56N2/c1-7-37(8-2)40-28-36-27-29(3)35(26-30(36)4)22-21-34-18-15-20-39(32(34)6)38-19-14-17-33(31(38)5)16-10-13-25-41-23-11-9-12-24-41/h14-15,17-20,26-27,37,40H,7-13,16,21-25,28H2,1-6H3. The molecule has 2 heteroatoms. The Morgan fingerprint density at radius 3 is 1.85 bits per heavy atom. The highest BCUT2D eigenvalue weighted by Gasteiger charge is 2.13. The molecule has 0 aromatic heterocycles. The Labute approximate surface area is 252 Å². The first-order valence-corrected chi connectivity index (χ1v) is 16.6. The quantitative estimate of drug-likeness (QED) is 0.200. The van der Waals surface area contributed by atoms with Crippen LogP contribution in [0.25, 0.3) is 11.1 Å². The van der Waals surface area contributed by atoms with Crippen LogP contribution in [-0.4, -0.2) is 30.6 Å². The second kappa shape index (κ2) is 15.7. The van der Waals surface area contributed by atoms with Crippen molar-refractivity contribution in [2.75, 3.05) is 19.6 Å². The summed E-state index contributed by atoms with van der Waals surface area (Å²) in [5.41, 5.74) is 14.5. The molecule has 222 valence electrons. The summed E-state index contributed by atoms with van der Waals surface area (Å²) in [6.45, 7) is 18.7. The number of unbranched alkanes of at least 4 members (excludes halogenated alkanes) is 1. The van der Waals surface area contributed by atoms with E-state index in [0.29, 0.717) is 6.04 Å². The van der Waals surface area contributed by atoms with Crippen molar-refractivity contribution in [3.05, 3.63) is 93.0 Å². The Bertz CT molecular complexity index is 1250. The van der Waals surface area contributed by atoms with Crippen molar-refractivity contribution < 1.29 is 0 Å². The van der Waals surface area contributed by atoms with Crippen molar-refractivity contribution in [1.82, 2.24) is 10.2 Å². The van der Waals surface area contributed by atoms with Crippen LogP contribution in [0, 0.1) is 27.7 Å². The van der Waals surface area contributed by atoms with Gasteiger partial charge in [0.1, 0.15) is 0 Å². The van der Waals surface area contributed by atoms with Crippen LogP contribution < -0.4 is 5.32 Å². The van der Waals surface area contributed by atoms with Crippen LogP contribution in [0.2, 0.25) is 0 Å². The van der Waals surface area contributed by atoms with Crippen LogP contribution in [0.5, 0.6) is 0 Å². The van der Waals surface area contributed by atoms with Crippen LogP contribution in [0.3, 0.4) is 0 Å². The lowest BCUT2D eigenvalue weighted by molar-refractivity contribution is 0.225. The lowest BCUT2D eigenvalue weighted by Crippen LogP contribution is -2.30. The molecule has 1 heterocycles. The van der Waals surface area contributed by atoms with E-state index in [0.717, 1.165) is 19.4 Å². The fourth-order valence-electron chi connectivity index (χ4n) is 6.82. The van der Waals surface area contributed by atoms with Gasteiger partial charge < -0.3 is 10.2 Å². The average Bonchev–Trinajstić information content (AvgIpc) is 2.98. The third kappa shape index (κ3) is 8.55. The van der Waals surface area contributed by atoms with Crippen LogP contribution in [0.15, 0.2) is 48.5 Å². The first kappa shape index (κ1) is 31.5. The molecule has 0 aliphatic carbocycles. The molecule has 1 saturated heterocycles. The molecule has 1 N–H and O–H groups in total. The first-order chi connectivity index (χ1) is 19.9. The predicted octanol–water partition coefficient (Wildman–Crippen LogP) is 9.46. The summed E-state index contributed by atoms with van der Waals surface area (Å²) in [6, 6.07) is 19.4. The molecule has 0 amide bonds. The van der Waals surface area contributed by atoms with Crippen molar-refractivity contribution in [2.45, 2.75) is 118 Å². The van der Waals surface area contributed by atoms with E-state index in [4.69, 9.17) is 0 Å². The van der Waals surface area contributed by atoms with E-state index in [1.165, 1.54) is 127 Å². The molecule has 1 aliphatic heterocycles. The fourth-order valence-corrected chi connectivity index (χ4v) is 6.82. The average molecular weight is 553 g/mol. The third-order valence-corrected chi connectivity index (χ3v) is 9.83. The molecule has 0 bridgehead atoms. The van der Waals surface area contributed by atoms with E-state index in [-0.39, 0.29) is 0 Å². The minimum Gasteiger partial charge on any atom is -0.310 e. The molecule has 2 nitrogen and oxygen atoms in total. The van der Waals surface area contributed by atoms with Gasteiger partial charge in [0.2, 0.25) is 0 Å². The summed E-state index contributed by atoms with van der Waals surface area (Å²) >= 11 is 0. The molecule has 0 unspecified atom stereocenters. The number of nitrogens with zero attached hydrogens (tertiary/aromatic N) is 1. The third-order valence-electron chi connectivity index (χ3n) is 9.83. The van der Waals surface area contributed by atoms with Crippen LogP contribution in [0.1, 0.15) is 103 Å². The Morgan fingerprint density at radius 2 is 1.22 bits per heavy atom. The highest BCUT2D eigenvalue weighted by molar-refractivity contribution is 5.72. The molecular weight excluding hydrogens is 496 g/mol. The van der Waals surface area contributed by atoms with E-state index in [1.54, 1.807) is 0 Å². The van der Waals surface area contributed by atoms with E-state index >= 15 is 0 Å². The zero-order valence-corrected chi connectivity index (χ0v) is 27.0. The number of piperidine rings is 1. The van der Waals surface area contributed by atoms with Gasteiger partial charge in [-0.3, -0.25) is 0 Å². The van der Waals surface area contributed by atoms with Gasteiger partial charge >= 0.3 is 0 Å². The maximum atomic E-state index is 3.74. The molecule has 0 atom stereocenters. The predicted molar refractivity (Wildman–Crippen MR) is 179 cm³/mol. The zero-order chi connectivity index (χ0) is 29.2. The minimum atomic E-state index is 0.610. The number of likely N-dealkylation sites (tertiary alicyclic amines) is 1.